The van der Waals surface area contributed by atoms with E-state index in [1.165, 1.54) is 29.7 Å². The molecule has 1 heterocycles. The summed E-state index contributed by atoms with van der Waals surface area (Å²) >= 11 is 0. The van der Waals surface area contributed by atoms with E-state index in [1.807, 2.05) is 0 Å². The molecule has 2 heteroatoms. The molecule has 1 fully saturated rings. The van der Waals surface area contributed by atoms with Crippen LogP contribution in [-0.4, -0.2) is 19.1 Å². The van der Waals surface area contributed by atoms with Crippen LogP contribution in [0.4, 0.5) is 5.69 Å². The van der Waals surface area contributed by atoms with Crippen molar-refractivity contribution in [3.63, 3.8) is 0 Å². The van der Waals surface area contributed by atoms with Crippen molar-refractivity contribution in [3.05, 3.63) is 65.7 Å². The van der Waals surface area contributed by atoms with Crippen LogP contribution >= 0.6 is 0 Å². The first kappa shape index (κ1) is 14.2. The molecule has 0 atom stereocenters. The Kier molecular flexibility index (Phi) is 4.56. The van der Waals surface area contributed by atoms with E-state index in [2.05, 4.69) is 71.7 Å². The second-order valence-corrected chi connectivity index (χ2v) is 5.93. The van der Waals surface area contributed by atoms with Gasteiger partial charge in [0, 0.05) is 18.3 Å². The molecule has 21 heavy (non-hydrogen) atoms. The quantitative estimate of drug-likeness (QED) is 0.917. The number of rotatable bonds is 4. The van der Waals surface area contributed by atoms with Gasteiger partial charge in [-0.15, -0.1) is 0 Å². The number of aryl methyl sites for hydroxylation is 1. The number of para-hydroxylation sites is 1. The highest BCUT2D eigenvalue weighted by Gasteiger charge is 2.21. The number of hydrogen-bond donors (Lipinski definition) is 1. The van der Waals surface area contributed by atoms with Gasteiger partial charge in [-0.2, -0.15) is 0 Å². The third-order valence-electron chi connectivity index (χ3n) is 4.31. The molecule has 0 saturated carbocycles. The van der Waals surface area contributed by atoms with Crippen molar-refractivity contribution >= 4 is 5.69 Å². The Balaban J connectivity index is 1.83. The Labute approximate surface area is 127 Å². The van der Waals surface area contributed by atoms with Crippen molar-refractivity contribution < 1.29 is 0 Å². The lowest BCUT2D eigenvalue weighted by atomic mass is 10.0. The summed E-state index contributed by atoms with van der Waals surface area (Å²) in [6.07, 6.45) is 2.45. The molecule has 2 aromatic rings. The van der Waals surface area contributed by atoms with Crippen molar-refractivity contribution in [1.29, 1.82) is 0 Å². The second kappa shape index (κ2) is 6.77. The summed E-state index contributed by atoms with van der Waals surface area (Å²) in [6.45, 7) is 5.39. The molecule has 0 aliphatic carbocycles. The van der Waals surface area contributed by atoms with Gasteiger partial charge in [0.25, 0.3) is 0 Å². The highest BCUT2D eigenvalue weighted by Crippen LogP contribution is 2.24. The number of nitrogens with zero attached hydrogens (tertiary/aromatic N) is 1. The predicted octanol–water partition coefficient (Wildman–Crippen LogP) is 3.75. The summed E-state index contributed by atoms with van der Waals surface area (Å²) in [5.74, 6) is 0. The molecular formula is C19H24N2. The number of anilines is 1. The molecule has 0 aromatic heterocycles. The Hall–Kier alpha value is -1.80. The number of benzene rings is 2. The number of piperidine rings is 1. The Morgan fingerprint density at radius 2 is 1.62 bits per heavy atom. The average Bonchev–Trinajstić information content (AvgIpc) is 2.56. The topological polar surface area (TPSA) is 15.3 Å². The van der Waals surface area contributed by atoms with E-state index in [-0.39, 0.29) is 0 Å². The largest absolute Gasteiger partial charge is 0.364 e. The highest BCUT2D eigenvalue weighted by atomic mass is 15.2. The van der Waals surface area contributed by atoms with Gasteiger partial charge in [-0.25, -0.2) is 0 Å². The van der Waals surface area contributed by atoms with Gasteiger partial charge in [-0.3, -0.25) is 0 Å². The van der Waals surface area contributed by atoms with Crippen LogP contribution in [0.15, 0.2) is 54.6 Å². The molecule has 1 aliphatic rings. The maximum absolute atomic E-state index is 3.47. The summed E-state index contributed by atoms with van der Waals surface area (Å²) in [5, 5.41) is 3.47. The minimum Gasteiger partial charge on any atom is -0.364 e. The molecule has 0 unspecified atom stereocenters. The molecule has 110 valence electrons. The molecule has 0 radical (unpaired) electrons. The fourth-order valence-electron chi connectivity index (χ4n) is 3.06. The molecular weight excluding hydrogens is 256 g/mol. The summed E-state index contributed by atoms with van der Waals surface area (Å²) in [7, 11) is 0. The van der Waals surface area contributed by atoms with Crippen LogP contribution < -0.4 is 10.2 Å². The van der Waals surface area contributed by atoms with Gasteiger partial charge in [0.15, 0.2) is 0 Å². The molecule has 3 rings (SSSR count). The lowest BCUT2D eigenvalue weighted by Crippen LogP contribution is -2.43. The fourth-order valence-corrected chi connectivity index (χ4v) is 3.06. The van der Waals surface area contributed by atoms with E-state index in [1.54, 1.807) is 0 Å². The van der Waals surface area contributed by atoms with Gasteiger partial charge >= 0.3 is 0 Å². The van der Waals surface area contributed by atoms with Crippen molar-refractivity contribution in [3.8, 4) is 0 Å². The Bertz CT molecular complexity index is 542. The molecule has 0 bridgehead atoms. The van der Waals surface area contributed by atoms with Gasteiger partial charge in [-0.05, 0) is 50.6 Å². The van der Waals surface area contributed by atoms with Crippen LogP contribution in [-0.2, 0) is 6.54 Å². The summed E-state index contributed by atoms with van der Waals surface area (Å²) in [5.41, 5.74) is 4.06. The molecule has 1 N–H and O–H groups in total. The zero-order valence-corrected chi connectivity index (χ0v) is 12.8. The molecule has 2 aromatic carbocycles. The molecule has 0 spiro atoms. The van der Waals surface area contributed by atoms with Gasteiger partial charge in [0.2, 0.25) is 0 Å². The molecule has 0 amide bonds. The van der Waals surface area contributed by atoms with E-state index >= 15 is 0 Å². The van der Waals surface area contributed by atoms with Crippen LogP contribution in [0.3, 0.4) is 0 Å². The van der Waals surface area contributed by atoms with E-state index in [0.29, 0.717) is 6.04 Å². The zero-order valence-electron chi connectivity index (χ0n) is 12.8. The third kappa shape index (κ3) is 3.64. The van der Waals surface area contributed by atoms with E-state index in [0.717, 1.165) is 19.6 Å². The molecule has 2 nitrogen and oxygen atoms in total. The number of hydrogen-bond acceptors (Lipinski definition) is 2. The predicted molar refractivity (Wildman–Crippen MR) is 89.7 cm³/mol. The SMILES string of the molecule is Cc1ccc(CN(c2ccccc2)C2CCNCC2)cc1. The van der Waals surface area contributed by atoms with Gasteiger partial charge in [0.05, 0.1) is 0 Å². The first-order valence-corrected chi connectivity index (χ1v) is 7.91. The highest BCUT2D eigenvalue weighted by molar-refractivity contribution is 5.48. The number of nitrogens with one attached hydrogen (secondary N) is 1. The summed E-state index contributed by atoms with van der Waals surface area (Å²) < 4.78 is 0. The smallest absolute Gasteiger partial charge is 0.0432 e. The second-order valence-electron chi connectivity index (χ2n) is 5.93. The van der Waals surface area contributed by atoms with Crippen LogP contribution in [0.5, 0.6) is 0 Å². The van der Waals surface area contributed by atoms with Crippen LogP contribution in [0, 0.1) is 6.92 Å². The monoisotopic (exact) mass is 280 g/mol. The zero-order chi connectivity index (χ0) is 14.5. The lowest BCUT2D eigenvalue weighted by molar-refractivity contribution is 0.428. The average molecular weight is 280 g/mol. The molecule has 1 saturated heterocycles. The Morgan fingerprint density at radius 3 is 2.29 bits per heavy atom. The van der Waals surface area contributed by atoms with Crippen LogP contribution in [0.2, 0.25) is 0 Å². The molecule has 1 aliphatic heterocycles. The van der Waals surface area contributed by atoms with Crippen molar-refractivity contribution in [2.75, 3.05) is 18.0 Å². The summed E-state index contributed by atoms with van der Waals surface area (Å²) in [4.78, 5) is 2.57. The van der Waals surface area contributed by atoms with E-state index in [9.17, 15) is 0 Å². The Morgan fingerprint density at radius 1 is 0.952 bits per heavy atom. The fraction of sp³-hybridized carbons (Fsp3) is 0.368. The van der Waals surface area contributed by atoms with Crippen molar-refractivity contribution in [2.45, 2.75) is 32.4 Å². The van der Waals surface area contributed by atoms with Crippen LogP contribution in [0.1, 0.15) is 24.0 Å². The first-order chi connectivity index (χ1) is 10.3. The maximum Gasteiger partial charge on any atom is 0.0432 e. The third-order valence-corrected chi connectivity index (χ3v) is 4.31. The lowest BCUT2D eigenvalue weighted by Gasteiger charge is -2.36. The van der Waals surface area contributed by atoms with Gasteiger partial charge in [0.1, 0.15) is 0 Å². The van der Waals surface area contributed by atoms with Crippen molar-refractivity contribution in [2.24, 2.45) is 0 Å². The minimum absolute atomic E-state index is 0.634. The van der Waals surface area contributed by atoms with E-state index < -0.39 is 0 Å². The standard InChI is InChI=1S/C19H24N2/c1-16-7-9-17(10-8-16)15-21(18-5-3-2-4-6-18)19-11-13-20-14-12-19/h2-10,19-20H,11-15H2,1H3. The minimum atomic E-state index is 0.634. The van der Waals surface area contributed by atoms with Crippen LogP contribution in [0.25, 0.3) is 0 Å². The van der Waals surface area contributed by atoms with Gasteiger partial charge in [-0.1, -0.05) is 48.0 Å². The first-order valence-electron chi connectivity index (χ1n) is 7.91. The maximum atomic E-state index is 3.47. The van der Waals surface area contributed by atoms with Crippen molar-refractivity contribution in [1.82, 2.24) is 5.32 Å². The normalized spacial score (nSPS) is 15.9. The van der Waals surface area contributed by atoms with E-state index in [4.69, 9.17) is 0 Å². The summed E-state index contributed by atoms with van der Waals surface area (Å²) in [6, 6.07) is 20.4. The van der Waals surface area contributed by atoms with Gasteiger partial charge < -0.3 is 10.2 Å².